The van der Waals surface area contributed by atoms with Gasteiger partial charge in [0, 0.05) is 28.6 Å². The van der Waals surface area contributed by atoms with Crippen molar-refractivity contribution in [3.63, 3.8) is 0 Å². The van der Waals surface area contributed by atoms with Gasteiger partial charge in [-0.15, -0.1) is 0 Å². The van der Waals surface area contributed by atoms with E-state index in [0.717, 1.165) is 33.6 Å². The molecule has 1 N–H and O–H groups in total. The van der Waals surface area contributed by atoms with Crippen molar-refractivity contribution >= 4 is 57.9 Å². The number of ether oxygens (including phenoxy) is 2. The fourth-order valence-electron chi connectivity index (χ4n) is 5.62. The number of anilines is 2. The highest BCUT2D eigenvalue weighted by Gasteiger charge is 2.57. The van der Waals surface area contributed by atoms with Gasteiger partial charge in [-0.1, -0.05) is 46.9 Å². The van der Waals surface area contributed by atoms with E-state index in [9.17, 15) is 29.3 Å². The summed E-state index contributed by atoms with van der Waals surface area (Å²) in [6.45, 7) is 1.63. The second-order valence-corrected chi connectivity index (χ2v) is 12.6. The smallest absolute Gasteiger partial charge is 0.308 e. The summed E-state index contributed by atoms with van der Waals surface area (Å²) in [5.74, 6) is -2.22. The van der Waals surface area contributed by atoms with E-state index in [0.29, 0.717) is 32.7 Å². The lowest BCUT2D eigenvalue weighted by Gasteiger charge is -2.31. The third-order valence-electron chi connectivity index (χ3n) is 7.77. The minimum Gasteiger partial charge on any atom is -0.493 e. The lowest BCUT2D eigenvalue weighted by atomic mass is 9.83. The normalized spacial score (nSPS) is 18.7. The first-order valence-corrected chi connectivity index (χ1v) is 15.4. The molecule has 0 radical (unpaired) electrons. The lowest BCUT2D eigenvalue weighted by Crippen LogP contribution is -2.33. The van der Waals surface area contributed by atoms with Gasteiger partial charge < -0.3 is 14.8 Å². The van der Waals surface area contributed by atoms with Crippen LogP contribution in [0.25, 0.3) is 0 Å². The second-order valence-electron chi connectivity index (χ2n) is 10.5. The van der Waals surface area contributed by atoms with Gasteiger partial charge in [0.1, 0.15) is 11.8 Å². The average Bonchev–Trinajstić information content (AvgIpc) is 3.47. The Bertz CT molecular complexity index is 1900. The molecule has 14 heteroatoms. The molecule has 1 fully saturated rings. The fraction of sp³-hybridized carbons (Fsp3) is 0.226. The number of non-ortho nitro benzene ring substituents is 1. The molecule has 1 aromatic heterocycles. The lowest BCUT2D eigenvalue weighted by molar-refractivity contribution is -0.384. The molecule has 0 saturated carbocycles. The number of rotatable bonds is 8. The van der Waals surface area contributed by atoms with E-state index >= 15 is 0 Å². The second kappa shape index (κ2) is 11.9. The predicted octanol–water partition coefficient (Wildman–Crippen LogP) is 4.58. The summed E-state index contributed by atoms with van der Waals surface area (Å²) in [6, 6.07) is 17.6. The van der Waals surface area contributed by atoms with E-state index < -0.39 is 44.6 Å². The van der Waals surface area contributed by atoms with Crippen molar-refractivity contribution in [1.29, 1.82) is 0 Å². The van der Waals surface area contributed by atoms with Gasteiger partial charge in [0.05, 0.1) is 35.8 Å². The largest absolute Gasteiger partial charge is 0.493 e. The molecule has 2 aliphatic rings. The number of carbonyl (C=O) groups is 3. The minimum absolute atomic E-state index is 0.178. The number of methoxy groups -OCH3 is 2. The number of amides is 3. The molecule has 6 rings (SSSR count). The van der Waals surface area contributed by atoms with Crippen LogP contribution in [0.3, 0.4) is 0 Å². The van der Waals surface area contributed by atoms with Crippen LogP contribution in [-0.4, -0.2) is 46.7 Å². The van der Waals surface area contributed by atoms with Gasteiger partial charge in [-0.05, 0) is 48.9 Å². The van der Waals surface area contributed by atoms with Crippen molar-refractivity contribution in [2.75, 3.05) is 24.4 Å². The van der Waals surface area contributed by atoms with Gasteiger partial charge in [-0.3, -0.25) is 33.9 Å². The predicted molar refractivity (Wildman–Crippen MR) is 169 cm³/mol. The third-order valence-corrected chi connectivity index (χ3v) is 10.4. The molecular formula is C31H26N4O8S2. The molecule has 2 aliphatic heterocycles. The van der Waals surface area contributed by atoms with E-state index in [-0.39, 0.29) is 17.9 Å². The van der Waals surface area contributed by atoms with Crippen LogP contribution >= 0.6 is 23.1 Å². The molecule has 3 heterocycles. The number of hydrogen-bond acceptors (Lipinski definition) is 10. The molecule has 1 saturated heterocycles. The van der Waals surface area contributed by atoms with Gasteiger partial charge in [0.2, 0.25) is 17.7 Å². The Kier molecular flexibility index (Phi) is 7.93. The highest BCUT2D eigenvalue weighted by atomic mass is 32.2. The number of thioether (sulfide) groups is 1. The van der Waals surface area contributed by atoms with Crippen LogP contribution < -0.4 is 24.6 Å². The number of hydrogen-bond donors (Lipinski definition) is 1. The molecule has 0 bridgehead atoms. The Hall–Kier alpha value is -4.95. The monoisotopic (exact) mass is 646 g/mol. The van der Waals surface area contributed by atoms with Gasteiger partial charge in [0.25, 0.3) is 5.69 Å². The van der Waals surface area contributed by atoms with Gasteiger partial charge in [0.15, 0.2) is 11.5 Å². The van der Waals surface area contributed by atoms with Crippen LogP contribution in [0.5, 0.6) is 11.5 Å². The highest BCUT2D eigenvalue weighted by Crippen LogP contribution is 2.54. The molecule has 3 aromatic carbocycles. The summed E-state index contributed by atoms with van der Waals surface area (Å²) < 4.78 is 12.2. The molecule has 0 unspecified atom stereocenters. The standard InChI is InChI=1S/C31H26N4O8S2/c1-16-4-7-18(8-5-16)32-23(36)15-33-30-27(45-31(33)39)24(17-6-13-21(42-2)22(14-17)43-3)25-26(44-30)29(38)34(28(25)37)19-9-11-20(12-10-19)35(40)41/h4-14,24-26H,15H2,1-3H3,(H,32,36)/t24-,25-,26+/m0/s1. The molecule has 12 nitrogen and oxygen atoms in total. The molecule has 4 aromatic rings. The summed E-state index contributed by atoms with van der Waals surface area (Å²) >= 11 is 2.00. The van der Waals surface area contributed by atoms with Gasteiger partial charge in [-0.2, -0.15) is 0 Å². The number of aryl methyl sites for hydroxylation is 1. The first kappa shape index (κ1) is 30.1. The van der Waals surface area contributed by atoms with Crippen molar-refractivity contribution in [3.05, 3.63) is 103 Å². The zero-order valence-electron chi connectivity index (χ0n) is 24.2. The number of fused-ring (bicyclic) bond motifs is 2. The highest BCUT2D eigenvalue weighted by molar-refractivity contribution is 8.00. The molecule has 45 heavy (non-hydrogen) atoms. The fourth-order valence-corrected chi connectivity index (χ4v) is 8.39. The number of benzene rings is 3. The SMILES string of the molecule is COc1ccc([C@@H]2c3sc(=O)n(CC(=O)Nc4ccc(C)cc4)c3S[C@H]3C(=O)N(c4ccc([N+](=O)[O-])cc4)C(=O)[C@@H]23)cc1OC. The van der Waals surface area contributed by atoms with Gasteiger partial charge >= 0.3 is 4.87 Å². The van der Waals surface area contributed by atoms with E-state index in [2.05, 4.69) is 5.32 Å². The minimum atomic E-state index is -0.932. The van der Waals surface area contributed by atoms with Crippen molar-refractivity contribution in [3.8, 4) is 11.5 Å². The molecule has 3 amide bonds. The van der Waals surface area contributed by atoms with Crippen molar-refractivity contribution in [2.24, 2.45) is 5.92 Å². The summed E-state index contributed by atoms with van der Waals surface area (Å²) in [5, 5.41) is 13.5. The summed E-state index contributed by atoms with van der Waals surface area (Å²) in [7, 11) is 2.98. The number of nitrogens with one attached hydrogen (secondary N) is 1. The molecular weight excluding hydrogens is 620 g/mol. The number of nitro groups is 1. The van der Waals surface area contributed by atoms with E-state index in [1.54, 1.807) is 30.3 Å². The van der Waals surface area contributed by atoms with E-state index in [1.165, 1.54) is 43.1 Å². The van der Waals surface area contributed by atoms with Crippen LogP contribution in [-0.2, 0) is 20.9 Å². The summed E-state index contributed by atoms with van der Waals surface area (Å²) in [6.07, 6.45) is 0. The van der Waals surface area contributed by atoms with Crippen LogP contribution in [0, 0.1) is 23.0 Å². The van der Waals surface area contributed by atoms with Crippen molar-refractivity contribution in [1.82, 2.24) is 4.57 Å². The Morgan fingerprint density at radius 1 is 0.956 bits per heavy atom. The van der Waals surface area contributed by atoms with Crippen LogP contribution in [0.2, 0.25) is 0 Å². The summed E-state index contributed by atoms with van der Waals surface area (Å²) in [5.41, 5.74) is 2.25. The molecule has 230 valence electrons. The van der Waals surface area contributed by atoms with Crippen LogP contribution in [0.4, 0.5) is 17.1 Å². The number of nitrogens with zero attached hydrogens (tertiary/aromatic N) is 3. The van der Waals surface area contributed by atoms with Gasteiger partial charge in [-0.25, -0.2) is 4.90 Å². The zero-order valence-corrected chi connectivity index (χ0v) is 25.8. The Morgan fingerprint density at radius 3 is 2.29 bits per heavy atom. The Labute approximate surface area is 264 Å². The van der Waals surface area contributed by atoms with Crippen LogP contribution in [0.1, 0.15) is 21.9 Å². The van der Waals surface area contributed by atoms with Crippen molar-refractivity contribution in [2.45, 2.75) is 29.7 Å². The zero-order chi connectivity index (χ0) is 32.0. The number of carbonyl (C=O) groups excluding carboxylic acids is 3. The maximum atomic E-state index is 14.1. The maximum absolute atomic E-state index is 14.1. The quantitative estimate of drug-likeness (QED) is 0.165. The molecule has 0 aliphatic carbocycles. The Balaban J connectivity index is 1.43. The third kappa shape index (κ3) is 5.36. The molecule has 0 spiro atoms. The summed E-state index contributed by atoms with van der Waals surface area (Å²) in [4.78, 5) is 66.3. The number of aromatic nitrogens is 1. The molecule has 3 atom stereocenters. The first-order chi connectivity index (χ1) is 21.6. The average molecular weight is 647 g/mol. The number of thiazole rings is 1. The van der Waals surface area contributed by atoms with Crippen LogP contribution in [0.15, 0.2) is 76.6 Å². The number of nitro benzene ring substituents is 1. The van der Waals surface area contributed by atoms with Crippen molar-refractivity contribution < 1.29 is 28.8 Å². The van der Waals surface area contributed by atoms with E-state index in [4.69, 9.17) is 9.47 Å². The topological polar surface area (TPSA) is 150 Å². The first-order valence-electron chi connectivity index (χ1n) is 13.7. The van der Waals surface area contributed by atoms with E-state index in [1.807, 2.05) is 19.1 Å². The number of imide groups is 1. The maximum Gasteiger partial charge on any atom is 0.308 e. The Morgan fingerprint density at radius 2 is 1.64 bits per heavy atom.